The molecule has 0 spiro atoms. The van der Waals surface area contributed by atoms with Gasteiger partial charge in [-0.2, -0.15) is 5.10 Å². The Morgan fingerprint density at radius 3 is 2.61 bits per heavy atom. The van der Waals surface area contributed by atoms with Crippen molar-refractivity contribution in [3.8, 4) is 0 Å². The molecule has 7 rings (SSSR count). The van der Waals surface area contributed by atoms with Gasteiger partial charge in [-0.3, -0.25) is 24.0 Å². The molecule has 1 atom stereocenters. The number of nitrogens with one attached hydrogen (secondary N) is 2. The summed E-state index contributed by atoms with van der Waals surface area (Å²) in [6.45, 7) is 7.41. The van der Waals surface area contributed by atoms with E-state index in [0.717, 1.165) is 67.3 Å². The van der Waals surface area contributed by atoms with E-state index < -0.39 is 6.04 Å². The van der Waals surface area contributed by atoms with Crippen molar-refractivity contribution in [1.29, 1.82) is 0 Å². The zero-order valence-electron chi connectivity index (χ0n) is 23.1. The third kappa shape index (κ3) is 4.20. The van der Waals surface area contributed by atoms with Gasteiger partial charge in [0.15, 0.2) is 5.15 Å². The van der Waals surface area contributed by atoms with Crippen molar-refractivity contribution in [1.82, 2.24) is 20.0 Å². The Morgan fingerprint density at radius 2 is 1.90 bits per heavy atom. The molecule has 3 aliphatic heterocycles. The van der Waals surface area contributed by atoms with Gasteiger partial charge in [-0.25, -0.2) is 0 Å². The first-order valence-electron chi connectivity index (χ1n) is 14.4. The van der Waals surface area contributed by atoms with E-state index in [2.05, 4.69) is 29.2 Å². The largest absolute Gasteiger partial charge is 0.351 e. The first kappa shape index (κ1) is 26.1. The van der Waals surface area contributed by atoms with Crippen LogP contribution in [0.25, 0.3) is 10.8 Å². The van der Waals surface area contributed by atoms with Crippen LogP contribution < -0.4 is 15.5 Å². The summed E-state index contributed by atoms with van der Waals surface area (Å²) in [6.07, 6.45) is 7.89. The van der Waals surface area contributed by atoms with Crippen LogP contribution in [-0.4, -0.2) is 51.5 Å². The molecule has 212 valence electrons. The van der Waals surface area contributed by atoms with E-state index in [1.54, 1.807) is 4.90 Å². The lowest BCUT2D eigenvalue weighted by molar-refractivity contribution is -0.147. The monoisotopic (exact) mass is 572 g/mol. The summed E-state index contributed by atoms with van der Waals surface area (Å²) >= 11 is 6.61. The van der Waals surface area contributed by atoms with E-state index in [-0.39, 0.29) is 23.3 Å². The third-order valence-corrected chi connectivity index (χ3v) is 9.70. The van der Waals surface area contributed by atoms with Crippen LogP contribution in [-0.2, 0) is 9.59 Å². The zero-order chi connectivity index (χ0) is 28.5. The van der Waals surface area contributed by atoms with Crippen LogP contribution in [0.5, 0.6) is 0 Å². The van der Waals surface area contributed by atoms with E-state index in [0.29, 0.717) is 40.8 Å². The first-order chi connectivity index (χ1) is 19.7. The smallest absolute Gasteiger partial charge is 0.259 e. The molecule has 3 amide bonds. The molecule has 4 heterocycles. The van der Waals surface area contributed by atoms with E-state index in [1.807, 2.05) is 46.1 Å². The minimum absolute atomic E-state index is 0.165. The molecule has 41 heavy (non-hydrogen) atoms. The minimum Gasteiger partial charge on any atom is -0.351 e. The predicted octanol–water partition coefficient (Wildman–Crippen LogP) is 5.54. The molecule has 1 aliphatic carbocycles. The average Bonchev–Trinajstić information content (AvgIpc) is 3.46. The van der Waals surface area contributed by atoms with E-state index >= 15 is 0 Å². The van der Waals surface area contributed by atoms with Crippen LogP contribution in [0.3, 0.4) is 0 Å². The summed E-state index contributed by atoms with van der Waals surface area (Å²) in [5.41, 5.74) is 3.31. The first-order valence-corrected chi connectivity index (χ1v) is 14.8. The molecule has 10 heteroatoms. The number of hydrogen-bond acceptors (Lipinski definition) is 5. The van der Waals surface area contributed by atoms with Crippen molar-refractivity contribution in [2.45, 2.75) is 64.0 Å². The fourth-order valence-corrected chi connectivity index (χ4v) is 7.04. The van der Waals surface area contributed by atoms with Crippen LogP contribution in [0.1, 0.15) is 68.3 Å². The van der Waals surface area contributed by atoms with Gasteiger partial charge >= 0.3 is 0 Å². The summed E-state index contributed by atoms with van der Waals surface area (Å²) in [5, 5.41) is 12.9. The predicted molar refractivity (Wildman–Crippen MR) is 158 cm³/mol. The molecule has 1 unspecified atom stereocenters. The number of halogens is 1. The van der Waals surface area contributed by atoms with Gasteiger partial charge in [0.1, 0.15) is 6.04 Å². The number of nitrogens with zero attached hydrogens (tertiary/aromatic N) is 4. The Morgan fingerprint density at radius 1 is 1.12 bits per heavy atom. The molecule has 2 N–H and O–H groups in total. The topological polar surface area (TPSA) is 99.6 Å². The number of likely N-dealkylation sites (tertiary alicyclic amines) is 1. The van der Waals surface area contributed by atoms with Crippen molar-refractivity contribution < 1.29 is 14.4 Å². The Kier molecular flexibility index (Phi) is 6.12. The Balaban J connectivity index is 1.11. The van der Waals surface area contributed by atoms with Crippen LogP contribution >= 0.6 is 11.6 Å². The maximum atomic E-state index is 13.5. The normalized spacial score (nSPS) is 22.2. The summed E-state index contributed by atoms with van der Waals surface area (Å²) < 4.78 is 1.92. The molecule has 2 aromatic carbocycles. The van der Waals surface area contributed by atoms with Gasteiger partial charge in [0.2, 0.25) is 11.8 Å². The van der Waals surface area contributed by atoms with Gasteiger partial charge in [-0.05, 0) is 56.7 Å². The Bertz CT molecular complexity index is 1620. The highest BCUT2D eigenvalue weighted by Gasteiger charge is 2.43. The van der Waals surface area contributed by atoms with Gasteiger partial charge in [-0.1, -0.05) is 43.7 Å². The van der Waals surface area contributed by atoms with Gasteiger partial charge in [0.05, 0.1) is 23.6 Å². The van der Waals surface area contributed by atoms with Crippen LogP contribution in [0.2, 0.25) is 5.15 Å². The van der Waals surface area contributed by atoms with Gasteiger partial charge in [0, 0.05) is 46.2 Å². The van der Waals surface area contributed by atoms with Crippen molar-refractivity contribution >= 4 is 57.2 Å². The molecule has 3 fully saturated rings. The molecular weight excluding hydrogens is 540 g/mol. The fourth-order valence-electron chi connectivity index (χ4n) is 6.85. The highest BCUT2D eigenvalue weighted by molar-refractivity contribution is 6.32. The number of anilines is 3. The molecule has 9 nitrogen and oxygen atoms in total. The van der Waals surface area contributed by atoms with E-state index in [4.69, 9.17) is 11.6 Å². The quantitative estimate of drug-likeness (QED) is 0.418. The highest BCUT2D eigenvalue weighted by Crippen LogP contribution is 2.44. The molecular formula is C31H33ClN6O3. The number of aromatic nitrogens is 2. The fraction of sp³-hybridized carbons (Fsp3) is 0.419. The lowest BCUT2D eigenvalue weighted by atomic mass is 9.69. The van der Waals surface area contributed by atoms with E-state index in [1.165, 1.54) is 0 Å². The lowest BCUT2D eigenvalue weighted by Crippen LogP contribution is -2.51. The number of rotatable bonds is 5. The minimum atomic E-state index is -0.576. The number of amides is 3. The maximum Gasteiger partial charge on any atom is 0.259 e. The Hall–Kier alpha value is -3.85. The van der Waals surface area contributed by atoms with E-state index in [9.17, 15) is 14.4 Å². The number of hydrogen-bond donors (Lipinski definition) is 2. The van der Waals surface area contributed by atoms with Crippen molar-refractivity contribution in [2.24, 2.45) is 5.41 Å². The molecule has 1 aromatic heterocycles. The zero-order valence-corrected chi connectivity index (χ0v) is 23.8. The molecule has 1 saturated carbocycles. The average molecular weight is 573 g/mol. The second-order valence-corrected chi connectivity index (χ2v) is 12.4. The van der Waals surface area contributed by atoms with Crippen molar-refractivity contribution in [3.05, 3.63) is 59.5 Å². The van der Waals surface area contributed by atoms with Gasteiger partial charge in [-0.15, -0.1) is 0 Å². The standard InChI is InChI=1S/C31H33ClN6O3/c1-18-7-9-25(28(39)33-18)38-24-10-8-22(20-5-3-6-21(26(20)24)29(38)40)34-23-17-37(35-27(23)32)19-11-15-36(16-12-19)30(41)31(2)13-4-14-31/h3,5-6,8,10,17,19,25,34H,1,4,7,9,11-16H2,2H3,(H,33,39). The SMILES string of the molecule is C=C1CCC(N2C(=O)c3cccc4c(Nc5cn(C6CCN(C(=O)C7(C)CCC7)CC6)nc5Cl)ccc2c34)C(=O)N1. The molecule has 0 bridgehead atoms. The molecule has 2 saturated heterocycles. The van der Waals surface area contributed by atoms with Crippen molar-refractivity contribution in [2.75, 3.05) is 23.3 Å². The Labute approximate surface area is 243 Å². The van der Waals surface area contributed by atoms with Gasteiger partial charge < -0.3 is 15.5 Å². The summed E-state index contributed by atoms with van der Waals surface area (Å²) in [5.74, 6) is -0.0801. The molecule has 0 radical (unpaired) electrons. The van der Waals surface area contributed by atoms with Crippen LogP contribution in [0, 0.1) is 5.41 Å². The summed E-state index contributed by atoms with van der Waals surface area (Å²) in [6, 6.07) is 9.05. The van der Waals surface area contributed by atoms with Crippen LogP contribution in [0.4, 0.5) is 17.1 Å². The number of carbonyl (C=O) groups is 3. The van der Waals surface area contributed by atoms with Gasteiger partial charge in [0.25, 0.3) is 5.91 Å². The highest BCUT2D eigenvalue weighted by atomic mass is 35.5. The summed E-state index contributed by atoms with van der Waals surface area (Å²) in [7, 11) is 0. The maximum absolute atomic E-state index is 13.5. The third-order valence-electron chi connectivity index (χ3n) is 9.42. The number of allylic oxidation sites excluding steroid dienone is 1. The molecule has 3 aromatic rings. The lowest BCUT2D eigenvalue weighted by Gasteiger charge is -2.43. The summed E-state index contributed by atoms with van der Waals surface area (Å²) in [4.78, 5) is 42.9. The second kappa shape index (κ2) is 9.62. The van der Waals surface area contributed by atoms with Crippen molar-refractivity contribution in [3.63, 3.8) is 0 Å². The number of carbonyl (C=O) groups excluding carboxylic acids is 3. The number of piperidine rings is 2. The number of benzene rings is 2. The molecule has 4 aliphatic rings. The second-order valence-electron chi connectivity index (χ2n) is 12.1. The van der Waals surface area contributed by atoms with Crippen LogP contribution in [0.15, 0.2) is 48.8 Å².